The van der Waals surface area contributed by atoms with Gasteiger partial charge in [-0.05, 0) is 98.2 Å². The Morgan fingerprint density at radius 1 is 0.833 bits per heavy atom. The predicted octanol–water partition coefficient (Wildman–Crippen LogP) is 7.22. The van der Waals surface area contributed by atoms with Crippen molar-refractivity contribution in [3.05, 3.63) is 0 Å². The molecule has 0 N–H and O–H groups in total. The van der Waals surface area contributed by atoms with Crippen molar-refractivity contribution in [1.29, 1.82) is 0 Å². The summed E-state index contributed by atoms with van der Waals surface area (Å²) in [6.45, 7) is 18.3. The number of hydrogen-bond donors (Lipinski definition) is 0. The van der Waals surface area contributed by atoms with Crippen LogP contribution < -0.4 is 0 Å². The molecule has 5 rings (SSSR count). The van der Waals surface area contributed by atoms with E-state index in [1.165, 1.54) is 25.7 Å². The molecule has 0 spiro atoms. The number of carbonyl (C=O) groups excluding carboxylic acids is 2. The van der Waals surface area contributed by atoms with E-state index in [2.05, 4.69) is 71.3 Å². The minimum atomic E-state index is -0.534. The Morgan fingerprint density at radius 3 is 2.14 bits per heavy atom. The second kappa shape index (κ2) is 9.15. The molecule has 12 atom stereocenters. The molecular formula is C31H49BrO4. The third-order valence-electron chi connectivity index (χ3n) is 12.2. The molecule has 0 aromatic heterocycles. The summed E-state index contributed by atoms with van der Waals surface area (Å²) < 4.78 is 13.2. The van der Waals surface area contributed by atoms with E-state index in [0.717, 1.165) is 6.42 Å². The zero-order chi connectivity index (χ0) is 26.4. The maximum absolute atomic E-state index is 13.5. The molecule has 1 heterocycles. The molecule has 0 unspecified atom stereocenters. The molecule has 1 aliphatic heterocycles. The van der Waals surface area contributed by atoms with E-state index in [1.54, 1.807) is 0 Å². The molecule has 1 saturated heterocycles. The van der Waals surface area contributed by atoms with Gasteiger partial charge in [0.15, 0.2) is 5.79 Å². The molecule has 0 radical (unpaired) electrons. The van der Waals surface area contributed by atoms with E-state index in [9.17, 15) is 9.59 Å². The maximum atomic E-state index is 13.5. The molecule has 4 nitrogen and oxygen atoms in total. The van der Waals surface area contributed by atoms with Crippen molar-refractivity contribution < 1.29 is 19.1 Å². The fraction of sp³-hybridized carbons (Fsp3) is 0.935. The summed E-state index contributed by atoms with van der Waals surface area (Å²) >= 11 is 3.67. The van der Waals surface area contributed by atoms with Crippen LogP contribution in [0, 0.1) is 58.2 Å². The van der Waals surface area contributed by atoms with E-state index in [4.69, 9.17) is 9.47 Å². The molecule has 4 aliphatic carbocycles. The minimum Gasteiger partial charge on any atom is -0.344 e. The zero-order valence-corrected chi connectivity index (χ0v) is 25.4. The molecule has 5 fully saturated rings. The van der Waals surface area contributed by atoms with Crippen LogP contribution >= 0.6 is 15.9 Å². The maximum Gasteiger partial charge on any atom is 0.163 e. The molecule has 204 valence electrons. The molecule has 0 bridgehead atoms. The van der Waals surface area contributed by atoms with Crippen LogP contribution in [0.15, 0.2) is 0 Å². The minimum absolute atomic E-state index is 0.0443. The summed E-state index contributed by atoms with van der Waals surface area (Å²) in [5, 5.41) is 0. The van der Waals surface area contributed by atoms with Crippen LogP contribution in [0.5, 0.6) is 0 Å². The Kier molecular flexibility index (Phi) is 6.94. The third-order valence-corrected chi connectivity index (χ3v) is 13.1. The van der Waals surface area contributed by atoms with Crippen molar-refractivity contribution in [1.82, 2.24) is 0 Å². The predicted molar refractivity (Wildman–Crippen MR) is 146 cm³/mol. The van der Waals surface area contributed by atoms with Crippen LogP contribution in [0.4, 0.5) is 0 Å². The van der Waals surface area contributed by atoms with E-state index >= 15 is 0 Å². The summed E-state index contributed by atoms with van der Waals surface area (Å²) in [5.41, 5.74) is 0.196. The molecule has 5 aliphatic rings. The van der Waals surface area contributed by atoms with Crippen LogP contribution in [-0.4, -0.2) is 34.4 Å². The van der Waals surface area contributed by atoms with E-state index < -0.39 is 5.79 Å². The van der Waals surface area contributed by atoms with Crippen LogP contribution in [0.1, 0.15) is 100 Å². The molecule has 0 amide bonds. The Bertz CT molecular complexity index is 899. The van der Waals surface area contributed by atoms with Crippen molar-refractivity contribution in [2.24, 2.45) is 58.2 Å². The lowest BCUT2D eigenvalue weighted by atomic mass is 9.44. The molecule has 0 aromatic rings. The van der Waals surface area contributed by atoms with Crippen molar-refractivity contribution >= 4 is 27.5 Å². The highest BCUT2D eigenvalue weighted by atomic mass is 79.9. The fourth-order valence-electron chi connectivity index (χ4n) is 10.0. The summed E-state index contributed by atoms with van der Waals surface area (Å²) in [6.07, 6.45) is 7.06. The quantitative estimate of drug-likeness (QED) is 0.338. The second-order valence-electron chi connectivity index (χ2n) is 14.7. The Hall–Kier alpha value is -0.260. The lowest BCUT2D eigenvalue weighted by Gasteiger charge is -2.60. The molecule has 4 saturated carbocycles. The topological polar surface area (TPSA) is 52.6 Å². The van der Waals surface area contributed by atoms with Crippen molar-refractivity contribution in [2.45, 2.75) is 123 Å². The van der Waals surface area contributed by atoms with Gasteiger partial charge < -0.3 is 9.47 Å². The number of rotatable bonds is 4. The number of alkyl halides is 1. The first-order chi connectivity index (χ1) is 16.7. The van der Waals surface area contributed by atoms with Gasteiger partial charge in [0.05, 0.1) is 17.0 Å². The third kappa shape index (κ3) is 4.12. The van der Waals surface area contributed by atoms with Gasteiger partial charge in [-0.15, -0.1) is 0 Å². The van der Waals surface area contributed by atoms with Gasteiger partial charge in [-0.1, -0.05) is 57.5 Å². The Labute approximate surface area is 227 Å². The van der Waals surface area contributed by atoms with Gasteiger partial charge in [-0.2, -0.15) is 0 Å². The summed E-state index contributed by atoms with van der Waals surface area (Å²) in [4.78, 5) is 25.9. The zero-order valence-electron chi connectivity index (χ0n) is 23.8. The van der Waals surface area contributed by atoms with Crippen LogP contribution in [0.3, 0.4) is 0 Å². The molecule has 5 heteroatoms. The SMILES string of the molecule is CC(C)[C@@H](C)[C@H]1OC(C)(C)O[C@@H]1[C@@H](C)[C@H]1CC[C@H]2[C@@H]3CC(=O)[C@H]4CC(=O)[C@H](Br)C[C@]4(C)[C@H]3CC[C@]12C. The van der Waals surface area contributed by atoms with Gasteiger partial charge in [0.1, 0.15) is 11.6 Å². The van der Waals surface area contributed by atoms with Gasteiger partial charge in [0.25, 0.3) is 0 Å². The lowest BCUT2D eigenvalue weighted by Crippen LogP contribution is -2.58. The highest BCUT2D eigenvalue weighted by molar-refractivity contribution is 9.10. The Morgan fingerprint density at radius 2 is 1.47 bits per heavy atom. The van der Waals surface area contributed by atoms with Gasteiger partial charge in [-0.3, -0.25) is 9.59 Å². The smallest absolute Gasteiger partial charge is 0.163 e. The number of halogens is 1. The van der Waals surface area contributed by atoms with Crippen LogP contribution in [0.2, 0.25) is 0 Å². The average molecular weight is 566 g/mol. The normalized spacial score (nSPS) is 49.9. The van der Waals surface area contributed by atoms with Gasteiger partial charge >= 0.3 is 0 Å². The number of ether oxygens (including phenoxy) is 2. The first-order valence-electron chi connectivity index (χ1n) is 14.7. The van der Waals surface area contributed by atoms with Gasteiger partial charge in [0.2, 0.25) is 0 Å². The van der Waals surface area contributed by atoms with Crippen molar-refractivity contribution in [3.63, 3.8) is 0 Å². The highest BCUT2D eigenvalue weighted by Gasteiger charge is 2.64. The van der Waals surface area contributed by atoms with E-state index in [1.807, 2.05) is 0 Å². The van der Waals surface area contributed by atoms with Gasteiger partial charge in [-0.25, -0.2) is 0 Å². The fourth-order valence-corrected chi connectivity index (χ4v) is 10.9. The number of hydrogen-bond acceptors (Lipinski definition) is 4. The largest absolute Gasteiger partial charge is 0.344 e. The van der Waals surface area contributed by atoms with Crippen molar-refractivity contribution in [2.75, 3.05) is 0 Å². The van der Waals surface area contributed by atoms with E-state index in [0.29, 0.717) is 60.1 Å². The molecular weight excluding hydrogens is 516 g/mol. The monoisotopic (exact) mass is 564 g/mol. The van der Waals surface area contributed by atoms with Crippen molar-refractivity contribution in [3.8, 4) is 0 Å². The van der Waals surface area contributed by atoms with E-state index in [-0.39, 0.29) is 39.6 Å². The number of ketones is 2. The molecule has 36 heavy (non-hydrogen) atoms. The summed E-state index contributed by atoms with van der Waals surface area (Å²) in [7, 11) is 0. The molecule has 0 aromatic carbocycles. The number of fused-ring (bicyclic) bond motifs is 5. The number of Topliss-reactive ketones (excluding diaryl/α,β-unsaturated/α-hetero) is 2. The summed E-state index contributed by atoms with van der Waals surface area (Å²) in [6, 6.07) is 0. The first kappa shape index (κ1) is 27.3. The van der Waals surface area contributed by atoms with Crippen LogP contribution in [0.25, 0.3) is 0 Å². The average Bonchev–Trinajstić information content (AvgIpc) is 3.31. The van der Waals surface area contributed by atoms with Crippen LogP contribution in [-0.2, 0) is 19.1 Å². The number of carbonyl (C=O) groups is 2. The standard InChI is InChI=1S/C31H49BrO4/c1-16(2)17(3)27-28(36-29(5,6)35-27)18(4)20-9-10-21-19-13-25(33)23-14-26(34)24(32)15-31(23,8)22(19)11-12-30(20,21)7/h16-24,27-28H,9-15H2,1-8H3/t17-,18+,19+,20-,21+,22+,23-,24-,27-,28-,30-,31-/m1/s1. The lowest BCUT2D eigenvalue weighted by molar-refractivity contribution is -0.163. The van der Waals surface area contributed by atoms with Gasteiger partial charge in [0, 0.05) is 18.8 Å². The summed E-state index contributed by atoms with van der Waals surface area (Å²) in [5.74, 6) is 3.61. The first-order valence-corrected chi connectivity index (χ1v) is 15.7. The Balaban J connectivity index is 1.40. The highest BCUT2D eigenvalue weighted by Crippen LogP contribution is 2.68. The second-order valence-corrected chi connectivity index (χ2v) is 15.8.